The van der Waals surface area contributed by atoms with Crippen LogP contribution in [0.5, 0.6) is 0 Å². The minimum atomic E-state index is -0.673. The fourth-order valence-electron chi connectivity index (χ4n) is 3.83. The molecule has 3 rings (SSSR count). The Hall–Kier alpha value is -2.86. The van der Waals surface area contributed by atoms with Crippen molar-refractivity contribution in [3.8, 4) is 0 Å². The van der Waals surface area contributed by atoms with E-state index in [0.717, 1.165) is 25.2 Å². The van der Waals surface area contributed by atoms with Crippen molar-refractivity contribution < 1.29 is 9.59 Å². The molecule has 160 valence electrons. The quantitative estimate of drug-likeness (QED) is 0.739. The minimum Gasteiger partial charge on any atom is -0.352 e. The molecular formula is C24H32N4O2. The van der Waals surface area contributed by atoms with Crippen molar-refractivity contribution in [1.82, 2.24) is 15.1 Å². The first-order chi connectivity index (χ1) is 14.4. The fraction of sp³-hybridized carbons (Fsp3) is 0.417. The monoisotopic (exact) mass is 408 g/mol. The summed E-state index contributed by atoms with van der Waals surface area (Å²) in [5.41, 5.74) is 8.95. The molecule has 1 heterocycles. The van der Waals surface area contributed by atoms with Gasteiger partial charge in [-0.3, -0.25) is 9.69 Å². The minimum absolute atomic E-state index is 0.0708. The molecule has 0 aliphatic carbocycles. The Morgan fingerprint density at radius 1 is 0.933 bits per heavy atom. The van der Waals surface area contributed by atoms with Crippen LogP contribution in [0.4, 0.5) is 4.79 Å². The second kappa shape index (κ2) is 10.3. The van der Waals surface area contributed by atoms with E-state index >= 15 is 0 Å². The molecule has 0 spiro atoms. The fourth-order valence-corrected chi connectivity index (χ4v) is 3.83. The van der Waals surface area contributed by atoms with E-state index in [9.17, 15) is 9.59 Å². The lowest BCUT2D eigenvalue weighted by atomic mass is 10.0. The van der Waals surface area contributed by atoms with Gasteiger partial charge in [0.15, 0.2) is 0 Å². The number of carbonyl (C=O) groups excluding carboxylic acids is 2. The van der Waals surface area contributed by atoms with E-state index < -0.39 is 12.1 Å². The van der Waals surface area contributed by atoms with Crippen LogP contribution in [0.3, 0.4) is 0 Å². The van der Waals surface area contributed by atoms with Gasteiger partial charge in [-0.1, -0.05) is 68.4 Å². The molecule has 2 aromatic rings. The predicted octanol–water partition coefficient (Wildman–Crippen LogP) is 2.73. The van der Waals surface area contributed by atoms with E-state index in [4.69, 9.17) is 5.73 Å². The summed E-state index contributed by atoms with van der Waals surface area (Å²) in [4.78, 5) is 28.7. The van der Waals surface area contributed by atoms with E-state index in [2.05, 4.69) is 48.3 Å². The molecule has 3 N–H and O–H groups in total. The van der Waals surface area contributed by atoms with Gasteiger partial charge in [-0.2, -0.15) is 0 Å². The molecule has 0 radical (unpaired) electrons. The van der Waals surface area contributed by atoms with Gasteiger partial charge >= 0.3 is 6.03 Å². The lowest BCUT2D eigenvalue weighted by molar-refractivity contribution is -0.135. The number of benzene rings is 2. The maximum Gasteiger partial charge on any atom is 0.312 e. The number of nitrogens with one attached hydrogen (secondary N) is 1. The highest BCUT2D eigenvalue weighted by molar-refractivity contribution is 5.87. The molecule has 6 nitrogen and oxygen atoms in total. The van der Waals surface area contributed by atoms with E-state index in [-0.39, 0.29) is 5.91 Å². The number of hydrogen-bond acceptors (Lipinski definition) is 3. The van der Waals surface area contributed by atoms with Crippen molar-refractivity contribution in [2.75, 3.05) is 26.2 Å². The molecule has 1 unspecified atom stereocenters. The van der Waals surface area contributed by atoms with Crippen molar-refractivity contribution in [1.29, 1.82) is 0 Å². The first-order valence-corrected chi connectivity index (χ1v) is 10.6. The average molecular weight is 409 g/mol. The van der Waals surface area contributed by atoms with Crippen LogP contribution >= 0.6 is 0 Å². The second-order valence-electron chi connectivity index (χ2n) is 8.25. The summed E-state index contributed by atoms with van der Waals surface area (Å²) < 4.78 is 0. The van der Waals surface area contributed by atoms with Crippen molar-refractivity contribution in [3.05, 3.63) is 71.3 Å². The maximum absolute atomic E-state index is 13.0. The average Bonchev–Trinajstić information content (AvgIpc) is 2.74. The van der Waals surface area contributed by atoms with Crippen molar-refractivity contribution in [2.24, 2.45) is 5.73 Å². The summed E-state index contributed by atoms with van der Waals surface area (Å²) in [6.45, 7) is 8.20. The van der Waals surface area contributed by atoms with Crippen LogP contribution in [-0.2, 0) is 17.8 Å². The summed E-state index contributed by atoms with van der Waals surface area (Å²) in [7, 11) is 0. The molecule has 6 heteroatoms. The summed E-state index contributed by atoms with van der Waals surface area (Å²) in [5, 5.41) is 2.62. The Morgan fingerprint density at radius 3 is 2.13 bits per heavy atom. The smallest absolute Gasteiger partial charge is 0.312 e. The Morgan fingerprint density at radius 2 is 1.57 bits per heavy atom. The zero-order valence-corrected chi connectivity index (χ0v) is 17.9. The highest BCUT2D eigenvalue weighted by Crippen LogP contribution is 2.16. The Balaban J connectivity index is 1.55. The Kier molecular flexibility index (Phi) is 7.46. The largest absolute Gasteiger partial charge is 0.352 e. The highest BCUT2D eigenvalue weighted by atomic mass is 16.2. The zero-order valence-electron chi connectivity index (χ0n) is 17.9. The molecule has 3 amide bonds. The van der Waals surface area contributed by atoms with E-state index in [0.29, 0.717) is 25.4 Å². The molecule has 0 saturated carbocycles. The number of rotatable bonds is 7. The molecule has 2 aromatic carbocycles. The summed E-state index contributed by atoms with van der Waals surface area (Å²) >= 11 is 0. The van der Waals surface area contributed by atoms with Gasteiger partial charge in [-0.15, -0.1) is 0 Å². The normalized spacial score (nSPS) is 15.8. The number of urea groups is 1. The SMILES string of the molecule is CC(C)c1ccc(CN2CCN(C(=O)C(Cc3ccccc3)NC(N)=O)CC2)cc1. The number of primary amides is 1. The molecule has 1 atom stereocenters. The number of piperazine rings is 1. The molecule has 1 saturated heterocycles. The number of nitrogens with two attached hydrogens (primary N) is 1. The summed E-state index contributed by atoms with van der Waals surface area (Å²) in [6.07, 6.45) is 0.436. The number of nitrogens with zero attached hydrogens (tertiary/aromatic N) is 2. The van der Waals surface area contributed by atoms with Crippen molar-refractivity contribution in [2.45, 2.75) is 38.8 Å². The third kappa shape index (κ3) is 6.07. The van der Waals surface area contributed by atoms with Gasteiger partial charge in [0.2, 0.25) is 5.91 Å². The molecule has 0 aromatic heterocycles. The molecule has 1 aliphatic rings. The van der Waals surface area contributed by atoms with Gasteiger partial charge in [0.25, 0.3) is 0 Å². The first kappa shape index (κ1) is 21.8. The number of hydrogen-bond donors (Lipinski definition) is 2. The third-order valence-electron chi connectivity index (χ3n) is 5.63. The number of amides is 3. The van der Waals surface area contributed by atoms with Gasteiger partial charge < -0.3 is 16.0 Å². The molecule has 1 aliphatic heterocycles. The highest BCUT2D eigenvalue weighted by Gasteiger charge is 2.28. The van der Waals surface area contributed by atoms with Gasteiger partial charge in [-0.05, 0) is 22.6 Å². The molecular weight excluding hydrogens is 376 g/mol. The van der Waals surface area contributed by atoms with E-state index in [1.54, 1.807) is 0 Å². The molecule has 30 heavy (non-hydrogen) atoms. The second-order valence-corrected chi connectivity index (χ2v) is 8.25. The Bertz CT molecular complexity index is 828. The van der Waals surface area contributed by atoms with Crippen molar-refractivity contribution in [3.63, 3.8) is 0 Å². The number of carbonyl (C=O) groups is 2. The standard InChI is InChI=1S/C24H32N4O2/c1-18(2)21-10-8-20(9-11-21)17-27-12-14-28(15-13-27)23(29)22(26-24(25)30)16-19-6-4-3-5-7-19/h3-11,18,22H,12-17H2,1-2H3,(H3,25,26,30). The van der Waals surface area contributed by atoms with Gasteiger partial charge in [0.1, 0.15) is 6.04 Å². The van der Waals surface area contributed by atoms with Crippen LogP contribution in [0, 0.1) is 0 Å². The maximum atomic E-state index is 13.0. The third-order valence-corrected chi connectivity index (χ3v) is 5.63. The van der Waals surface area contributed by atoms with Gasteiger partial charge in [0.05, 0.1) is 0 Å². The summed E-state index contributed by atoms with van der Waals surface area (Å²) in [6, 6.07) is 17.1. The molecule has 0 bridgehead atoms. The topological polar surface area (TPSA) is 78.7 Å². The van der Waals surface area contributed by atoms with E-state index in [1.165, 1.54) is 11.1 Å². The zero-order chi connectivity index (χ0) is 21.5. The molecule has 1 fully saturated rings. The Labute approximate surface area is 179 Å². The first-order valence-electron chi connectivity index (χ1n) is 10.6. The predicted molar refractivity (Wildman–Crippen MR) is 119 cm³/mol. The van der Waals surface area contributed by atoms with E-state index in [1.807, 2.05) is 35.2 Å². The summed E-state index contributed by atoms with van der Waals surface area (Å²) in [5.74, 6) is 0.463. The van der Waals surface area contributed by atoms with Gasteiger partial charge in [-0.25, -0.2) is 4.79 Å². The van der Waals surface area contributed by atoms with Crippen LogP contribution in [0.25, 0.3) is 0 Å². The van der Waals surface area contributed by atoms with Crippen molar-refractivity contribution >= 4 is 11.9 Å². The van der Waals surface area contributed by atoms with Gasteiger partial charge in [0, 0.05) is 39.1 Å². The van der Waals surface area contributed by atoms with Crippen LogP contribution in [0.1, 0.15) is 36.5 Å². The lowest BCUT2D eigenvalue weighted by Gasteiger charge is -2.36. The lowest BCUT2D eigenvalue weighted by Crippen LogP contribution is -2.56. The van der Waals surface area contributed by atoms with Crippen LogP contribution in [0.15, 0.2) is 54.6 Å². The van der Waals surface area contributed by atoms with Crippen LogP contribution in [-0.4, -0.2) is 54.0 Å². The van der Waals surface area contributed by atoms with Crippen LogP contribution in [0.2, 0.25) is 0 Å². The van der Waals surface area contributed by atoms with Crippen LogP contribution < -0.4 is 11.1 Å².